The second kappa shape index (κ2) is 10.8. The second-order valence-corrected chi connectivity index (χ2v) is 10.7. The fourth-order valence-corrected chi connectivity index (χ4v) is 5.18. The summed E-state index contributed by atoms with van der Waals surface area (Å²) >= 11 is 1.57. The van der Waals surface area contributed by atoms with Crippen molar-refractivity contribution in [1.29, 1.82) is 0 Å². The Labute approximate surface area is 214 Å². The molecule has 0 radical (unpaired) electrons. The number of benzene rings is 3. The predicted molar refractivity (Wildman–Crippen MR) is 141 cm³/mol. The fraction of sp³-hybridized carbons (Fsp3) is 0.154. The molecule has 0 saturated carbocycles. The van der Waals surface area contributed by atoms with Crippen molar-refractivity contribution >= 4 is 38.6 Å². The molecule has 0 saturated heterocycles. The lowest BCUT2D eigenvalue weighted by Gasteiger charge is -2.13. The molecule has 8 nitrogen and oxygen atoms in total. The lowest BCUT2D eigenvalue weighted by Crippen LogP contribution is -2.20. The van der Waals surface area contributed by atoms with Crippen molar-refractivity contribution in [3.8, 4) is 22.8 Å². The Kier molecular flexibility index (Phi) is 7.56. The third-order valence-electron chi connectivity index (χ3n) is 5.22. The Morgan fingerprint density at radius 1 is 1.00 bits per heavy atom. The highest BCUT2D eigenvalue weighted by Crippen LogP contribution is 2.26. The number of rotatable bonds is 9. The number of nitrogens with zero attached hydrogens (tertiary/aromatic N) is 1. The Balaban J connectivity index is 1.37. The number of hydrogen-bond donors (Lipinski definition) is 2. The van der Waals surface area contributed by atoms with Crippen molar-refractivity contribution < 1.29 is 22.7 Å². The van der Waals surface area contributed by atoms with Gasteiger partial charge in [0.2, 0.25) is 0 Å². The first kappa shape index (κ1) is 25.2. The summed E-state index contributed by atoms with van der Waals surface area (Å²) in [6.45, 7) is 3.44. The number of sulfonamides is 1. The molecule has 0 aliphatic carbocycles. The monoisotopic (exact) mass is 523 g/mol. The van der Waals surface area contributed by atoms with Gasteiger partial charge in [0, 0.05) is 22.3 Å². The molecule has 4 rings (SSSR count). The van der Waals surface area contributed by atoms with Crippen molar-refractivity contribution in [3.05, 3.63) is 82.7 Å². The molecule has 0 fully saturated rings. The van der Waals surface area contributed by atoms with Gasteiger partial charge in [-0.15, -0.1) is 11.3 Å². The first-order chi connectivity index (χ1) is 17.2. The standard InChI is InChI=1S/C26H25N3O5S2/c1-17-13-23(36(31,32)29-20-7-9-22(33-3)10-8-20)11-12-25(17)34-15-26(30)28-21-6-4-5-19(14-21)24-16-35-18(2)27-24/h4-14,16,29H,15H2,1-3H3,(H,28,30). The van der Waals surface area contributed by atoms with Crippen LogP contribution in [0.4, 0.5) is 11.4 Å². The minimum absolute atomic E-state index is 0.0849. The van der Waals surface area contributed by atoms with E-state index >= 15 is 0 Å². The van der Waals surface area contributed by atoms with E-state index in [4.69, 9.17) is 9.47 Å². The van der Waals surface area contributed by atoms with E-state index in [-0.39, 0.29) is 17.4 Å². The number of carbonyl (C=O) groups is 1. The molecule has 0 unspecified atom stereocenters. The molecule has 1 heterocycles. The smallest absolute Gasteiger partial charge is 0.262 e. The highest BCUT2D eigenvalue weighted by molar-refractivity contribution is 7.92. The van der Waals surface area contributed by atoms with Crippen LogP contribution in [0.15, 0.2) is 77.0 Å². The average Bonchev–Trinajstić information content (AvgIpc) is 3.30. The molecule has 4 aromatic rings. The van der Waals surface area contributed by atoms with Gasteiger partial charge in [0.25, 0.3) is 15.9 Å². The van der Waals surface area contributed by atoms with E-state index < -0.39 is 10.0 Å². The molecule has 186 valence electrons. The van der Waals surface area contributed by atoms with Crippen molar-refractivity contribution in [2.24, 2.45) is 0 Å². The number of aromatic nitrogens is 1. The van der Waals surface area contributed by atoms with Crippen LogP contribution in [0, 0.1) is 13.8 Å². The number of anilines is 2. The Hall–Kier alpha value is -3.89. The number of amides is 1. The van der Waals surface area contributed by atoms with Crippen LogP contribution in [0.3, 0.4) is 0 Å². The van der Waals surface area contributed by atoms with Gasteiger partial charge in [-0.1, -0.05) is 12.1 Å². The maximum atomic E-state index is 12.8. The number of aryl methyl sites for hydroxylation is 2. The molecule has 3 aromatic carbocycles. The molecule has 0 aliphatic heterocycles. The van der Waals surface area contributed by atoms with Gasteiger partial charge in [-0.25, -0.2) is 13.4 Å². The molecular formula is C26H25N3O5S2. The summed E-state index contributed by atoms with van der Waals surface area (Å²) in [4.78, 5) is 17.0. The Bertz CT molecular complexity index is 1480. The summed E-state index contributed by atoms with van der Waals surface area (Å²) in [6.07, 6.45) is 0. The van der Waals surface area contributed by atoms with E-state index in [1.165, 1.54) is 25.3 Å². The van der Waals surface area contributed by atoms with Crippen LogP contribution >= 0.6 is 11.3 Å². The molecule has 0 bridgehead atoms. The van der Waals surface area contributed by atoms with Crippen LogP contribution in [-0.2, 0) is 14.8 Å². The molecule has 0 aliphatic rings. The molecular weight excluding hydrogens is 498 g/mol. The topological polar surface area (TPSA) is 107 Å². The number of methoxy groups -OCH3 is 1. The number of carbonyl (C=O) groups excluding carboxylic acids is 1. The highest BCUT2D eigenvalue weighted by atomic mass is 32.2. The molecule has 10 heteroatoms. The third kappa shape index (κ3) is 6.21. The van der Waals surface area contributed by atoms with Crippen LogP contribution in [-0.4, -0.2) is 33.0 Å². The van der Waals surface area contributed by atoms with Crippen LogP contribution in [0.1, 0.15) is 10.6 Å². The minimum atomic E-state index is -3.80. The average molecular weight is 524 g/mol. The summed E-state index contributed by atoms with van der Waals surface area (Å²) in [5.74, 6) is 0.709. The van der Waals surface area contributed by atoms with E-state index in [0.717, 1.165) is 16.3 Å². The first-order valence-corrected chi connectivity index (χ1v) is 13.3. The summed E-state index contributed by atoms with van der Waals surface area (Å²) in [6, 6.07) is 18.5. The fourth-order valence-electron chi connectivity index (χ4n) is 3.42. The summed E-state index contributed by atoms with van der Waals surface area (Å²) < 4.78 is 38.8. The summed E-state index contributed by atoms with van der Waals surface area (Å²) in [5.41, 5.74) is 3.40. The van der Waals surface area contributed by atoms with E-state index in [1.54, 1.807) is 48.6 Å². The number of ether oxygens (including phenoxy) is 2. The molecule has 2 N–H and O–H groups in total. The molecule has 1 aromatic heterocycles. The third-order valence-corrected chi connectivity index (χ3v) is 7.37. The highest BCUT2D eigenvalue weighted by Gasteiger charge is 2.16. The van der Waals surface area contributed by atoms with Gasteiger partial charge in [-0.3, -0.25) is 9.52 Å². The number of hydrogen-bond acceptors (Lipinski definition) is 7. The van der Waals surface area contributed by atoms with E-state index in [9.17, 15) is 13.2 Å². The number of thiazole rings is 1. The zero-order valence-electron chi connectivity index (χ0n) is 19.9. The van der Waals surface area contributed by atoms with Crippen LogP contribution in [0.5, 0.6) is 11.5 Å². The minimum Gasteiger partial charge on any atom is -0.497 e. The maximum Gasteiger partial charge on any atom is 0.262 e. The molecule has 0 atom stereocenters. The normalized spacial score (nSPS) is 11.1. The zero-order valence-corrected chi connectivity index (χ0v) is 21.6. The van der Waals surface area contributed by atoms with E-state index in [0.29, 0.717) is 28.4 Å². The van der Waals surface area contributed by atoms with E-state index in [2.05, 4.69) is 15.0 Å². The van der Waals surface area contributed by atoms with Gasteiger partial charge in [0.05, 0.1) is 22.7 Å². The van der Waals surface area contributed by atoms with Gasteiger partial charge in [0.1, 0.15) is 11.5 Å². The predicted octanol–water partition coefficient (Wildman–Crippen LogP) is 5.25. The molecule has 0 spiro atoms. The van der Waals surface area contributed by atoms with Crippen molar-refractivity contribution in [1.82, 2.24) is 4.98 Å². The lowest BCUT2D eigenvalue weighted by atomic mass is 10.1. The first-order valence-electron chi connectivity index (χ1n) is 11.0. The van der Waals surface area contributed by atoms with E-state index in [1.807, 2.05) is 30.5 Å². The zero-order chi connectivity index (χ0) is 25.7. The summed E-state index contributed by atoms with van der Waals surface area (Å²) in [7, 11) is -2.26. The van der Waals surface area contributed by atoms with Crippen molar-refractivity contribution in [3.63, 3.8) is 0 Å². The van der Waals surface area contributed by atoms with Crippen LogP contribution in [0.2, 0.25) is 0 Å². The second-order valence-electron chi connectivity index (χ2n) is 7.93. The Morgan fingerprint density at radius 2 is 1.78 bits per heavy atom. The van der Waals surface area contributed by atoms with Crippen molar-refractivity contribution in [2.45, 2.75) is 18.7 Å². The largest absolute Gasteiger partial charge is 0.497 e. The SMILES string of the molecule is COc1ccc(NS(=O)(=O)c2ccc(OCC(=O)Nc3cccc(-c4csc(C)n4)c3)c(C)c2)cc1. The molecule has 36 heavy (non-hydrogen) atoms. The van der Waals surface area contributed by atoms with Gasteiger partial charge in [-0.2, -0.15) is 0 Å². The Morgan fingerprint density at radius 3 is 2.44 bits per heavy atom. The van der Waals surface area contributed by atoms with Gasteiger partial charge < -0.3 is 14.8 Å². The quantitative estimate of drug-likeness (QED) is 0.310. The lowest BCUT2D eigenvalue weighted by molar-refractivity contribution is -0.118. The van der Waals surface area contributed by atoms with Crippen LogP contribution in [0.25, 0.3) is 11.3 Å². The van der Waals surface area contributed by atoms with Crippen molar-refractivity contribution in [2.75, 3.05) is 23.8 Å². The summed E-state index contributed by atoms with van der Waals surface area (Å²) in [5, 5.41) is 5.76. The number of nitrogens with one attached hydrogen (secondary N) is 2. The van der Waals surface area contributed by atoms with Gasteiger partial charge >= 0.3 is 0 Å². The van der Waals surface area contributed by atoms with Gasteiger partial charge in [0.15, 0.2) is 6.61 Å². The van der Waals surface area contributed by atoms with Crippen LogP contribution < -0.4 is 19.5 Å². The van der Waals surface area contributed by atoms with Gasteiger partial charge in [-0.05, 0) is 74.0 Å². The molecule has 1 amide bonds. The maximum absolute atomic E-state index is 12.8.